The number of carbonyl (C=O) groups excluding carboxylic acids is 3. The number of nitrogens with one attached hydrogen (secondary N) is 2. The minimum absolute atomic E-state index is 0.117. The van der Waals surface area contributed by atoms with Gasteiger partial charge in [0.05, 0.1) is 0 Å². The molecule has 0 aromatic heterocycles. The summed E-state index contributed by atoms with van der Waals surface area (Å²) in [4.78, 5) is 41.3. The number of amides is 3. The Hall–Kier alpha value is -1.56. The van der Waals surface area contributed by atoms with E-state index in [1.807, 2.05) is 12.1 Å². The van der Waals surface area contributed by atoms with Gasteiger partial charge in [0.15, 0.2) is 0 Å². The molecule has 2 atom stereocenters. The Kier molecular flexibility index (Phi) is 4.95. The molecule has 3 aliphatic heterocycles. The van der Waals surface area contributed by atoms with E-state index >= 15 is 0 Å². The van der Waals surface area contributed by atoms with Crippen LogP contribution in [-0.2, 0) is 16.1 Å². The number of piperazine rings is 1. The fourth-order valence-electron chi connectivity index (χ4n) is 3.91. The molecule has 2 saturated heterocycles. The first-order valence-electron chi connectivity index (χ1n) is 8.77. The second-order valence-electron chi connectivity index (χ2n) is 6.78. The molecule has 0 saturated carbocycles. The van der Waals surface area contributed by atoms with Crippen molar-refractivity contribution in [3.05, 3.63) is 29.3 Å². The summed E-state index contributed by atoms with van der Waals surface area (Å²) in [5.74, 6) is -0.485. The predicted molar refractivity (Wildman–Crippen MR) is 89.6 cm³/mol. The Balaban J connectivity index is 1.56. The van der Waals surface area contributed by atoms with Crippen LogP contribution in [0.25, 0.3) is 0 Å². The van der Waals surface area contributed by atoms with Crippen LogP contribution in [0.5, 0.6) is 0 Å². The van der Waals surface area contributed by atoms with Crippen molar-refractivity contribution in [1.29, 1.82) is 0 Å². The fraction of sp³-hybridized carbons (Fsp3) is 0.471. The number of halogens is 1. The summed E-state index contributed by atoms with van der Waals surface area (Å²) in [6.45, 7) is 4.21. The van der Waals surface area contributed by atoms with Crippen LogP contribution < -0.4 is 39.0 Å². The molecule has 26 heavy (non-hydrogen) atoms. The first kappa shape index (κ1) is 17.8. The Labute approximate surface area is 162 Å². The first-order chi connectivity index (χ1) is 12.6. The van der Waals surface area contributed by atoms with E-state index in [1.54, 1.807) is 4.90 Å². The van der Waals surface area contributed by atoms with Gasteiger partial charge in [-0.25, -0.2) is 0 Å². The van der Waals surface area contributed by atoms with Crippen LogP contribution in [0.3, 0.4) is 0 Å². The Morgan fingerprint density at radius 3 is 2.69 bits per heavy atom. The van der Waals surface area contributed by atoms with Crippen LogP contribution >= 0.6 is 0 Å². The third kappa shape index (κ3) is 3.02. The van der Waals surface area contributed by atoms with Crippen molar-refractivity contribution >= 4 is 23.4 Å². The topological polar surface area (TPSA) is 100 Å². The molecule has 140 valence electrons. The summed E-state index contributed by atoms with van der Waals surface area (Å²) in [5, 5.41) is 3.33. The zero-order chi connectivity index (χ0) is 18.3. The van der Waals surface area contributed by atoms with E-state index in [4.69, 9.17) is 3.95 Å². The van der Waals surface area contributed by atoms with E-state index in [9.17, 15) is 14.4 Å². The van der Waals surface area contributed by atoms with Gasteiger partial charge in [0.2, 0.25) is 0 Å². The van der Waals surface area contributed by atoms with Crippen molar-refractivity contribution in [3.8, 4) is 0 Å². The molecule has 2 unspecified atom stereocenters. The summed E-state index contributed by atoms with van der Waals surface area (Å²) >= 11 is -1.06. The summed E-state index contributed by atoms with van der Waals surface area (Å²) in [7, 11) is 0. The average molecular weight is 471 g/mol. The number of anilines is 1. The predicted octanol–water partition coefficient (Wildman–Crippen LogP) is -4.97. The van der Waals surface area contributed by atoms with Crippen LogP contribution in [0, 0.1) is 0 Å². The quantitative estimate of drug-likeness (QED) is 0.232. The molecular formula is C17H22IN5O3. The van der Waals surface area contributed by atoms with Gasteiger partial charge in [-0.05, 0) is 0 Å². The molecule has 1 aromatic rings. The molecule has 8 nitrogen and oxygen atoms in total. The number of hydrogen-bond acceptors (Lipinski definition) is 6. The average Bonchev–Trinajstić information content (AvgIpc) is 2.99. The molecule has 2 fully saturated rings. The van der Waals surface area contributed by atoms with Gasteiger partial charge in [-0.1, -0.05) is 0 Å². The van der Waals surface area contributed by atoms with Gasteiger partial charge in [0, 0.05) is 0 Å². The van der Waals surface area contributed by atoms with Gasteiger partial charge in [0.25, 0.3) is 0 Å². The molecule has 4 rings (SSSR count). The zero-order valence-corrected chi connectivity index (χ0v) is 16.5. The Morgan fingerprint density at radius 2 is 1.96 bits per heavy atom. The van der Waals surface area contributed by atoms with Gasteiger partial charge >= 0.3 is 163 Å². The van der Waals surface area contributed by atoms with Gasteiger partial charge in [0.1, 0.15) is 0 Å². The monoisotopic (exact) mass is 471 g/mol. The Morgan fingerprint density at radius 1 is 1.19 bits per heavy atom. The zero-order valence-electron chi connectivity index (χ0n) is 14.3. The molecule has 4 N–H and O–H groups in total. The normalized spacial score (nSPS) is 26.6. The number of benzene rings is 1. The van der Waals surface area contributed by atoms with Crippen molar-refractivity contribution in [2.45, 2.75) is 25.4 Å². The van der Waals surface area contributed by atoms with Crippen LogP contribution in [0.15, 0.2) is 18.2 Å². The standard InChI is InChI=1S/C17H22IN5O3/c19-18-23-15(24)4-3-14(17(23)26)22-10-11-9-12(1-2-13(11)16(22)25)21-7-5-20-6-8-21/h1-2,9,14,20,23H,3-8,10,19H2. The van der Waals surface area contributed by atoms with E-state index in [0.29, 0.717) is 24.9 Å². The molecule has 0 spiro atoms. The maximum absolute atomic E-state index is 12.8. The minimum atomic E-state index is -1.06. The van der Waals surface area contributed by atoms with Gasteiger partial charge in [-0.3, -0.25) is 0 Å². The summed E-state index contributed by atoms with van der Waals surface area (Å²) in [6, 6.07) is 5.38. The number of quaternary nitrogens is 1. The summed E-state index contributed by atoms with van der Waals surface area (Å²) in [6.07, 6.45) is 0.699. The maximum atomic E-state index is 12.8. The van der Waals surface area contributed by atoms with Gasteiger partial charge in [-0.15, -0.1) is 0 Å². The molecule has 9 heteroatoms. The molecule has 1 aromatic carbocycles. The second kappa shape index (κ2) is 7.22. The summed E-state index contributed by atoms with van der Waals surface area (Å²) in [5.41, 5.74) is 2.74. The molecule has 0 aliphatic carbocycles. The van der Waals surface area contributed by atoms with Crippen molar-refractivity contribution in [2.75, 3.05) is 31.1 Å². The fourth-order valence-corrected chi connectivity index (χ4v) is 5.19. The Bertz CT molecular complexity index is 765. The van der Waals surface area contributed by atoms with E-state index in [-0.39, 0.29) is 20.8 Å². The number of rotatable bonds is 3. The van der Waals surface area contributed by atoms with Crippen molar-refractivity contribution in [2.24, 2.45) is 3.95 Å². The number of carbonyl (C=O) groups is 3. The van der Waals surface area contributed by atoms with Crippen LogP contribution in [0.4, 0.5) is 5.69 Å². The molecule has 3 aliphatic rings. The molecule has 0 radical (unpaired) electrons. The second-order valence-corrected chi connectivity index (χ2v) is 8.48. The van der Waals surface area contributed by atoms with E-state index in [1.165, 1.54) is 0 Å². The van der Waals surface area contributed by atoms with Crippen LogP contribution in [0.2, 0.25) is 0 Å². The molecule has 3 amide bonds. The molecule has 0 bridgehead atoms. The number of piperidine rings is 1. The number of imide groups is 1. The van der Waals surface area contributed by atoms with Gasteiger partial charge in [-0.2, -0.15) is 0 Å². The third-order valence-corrected chi connectivity index (χ3v) is 7.05. The van der Waals surface area contributed by atoms with E-state index in [2.05, 4.69) is 16.3 Å². The van der Waals surface area contributed by atoms with Crippen molar-refractivity contribution in [3.63, 3.8) is 0 Å². The van der Waals surface area contributed by atoms with E-state index < -0.39 is 27.8 Å². The molecule has 3 heterocycles. The first-order valence-corrected chi connectivity index (χ1v) is 11.1. The van der Waals surface area contributed by atoms with Crippen LogP contribution in [-0.4, -0.2) is 54.8 Å². The van der Waals surface area contributed by atoms with Crippen molar-refractivity contribution < 1.29 is 39.2 Å². The van der Waals surface area contributed by atoms with Crippen LogP contribution in [0.1, 0.15) is 28.8 Å². The summed E-state index contributed by atoms with van der Waals surface area (Å²) < 4.78 is 5.94. The number of hydrogen-bond donors (Lipinski definition) is 3. The number of nitrogens with zero attached hydrogens (tertiary/aromatic N) is 2. The van der Waals surface area contributed by atoms with Crippen molar-refractivity contribution in [1.82, 2.24) is 10.2 Å². The SMILES string of the molecule is N[I-][NH+]1C(=O)CCC(N2Cc3cc(N4CCNCC4)ccc3C2=O)C1=O. The number of fused-ring (bicyclic) bond motifs is 1. The third-order valence-electron chi connectivity index (χ3n) is 5.30. The van der Waals surface area contributed by atoms with Gasteiger partial charge < -0.3 is 0 Å². The molecular weight excluding hydrogens is 449 g/mol. The number of nitrogens with two attached hydrogens (primary N) is 1. The van der Waals surface area contributed by atoms with E-state index in [0.717, 1.165) is 37.4 Å².